The number of benzene rings is 1. The van der Waals surface area contributed by atoms with Gasteiger partial charge in [-0.15, -0.1) is 0 Å². The molecule has 0 radical (unpaired) electrons. The minimum atomic E-state index is -0.325. The number of hydrogen-bond donors (Lipinski definition) is 1. The normalized spacial score (nSPS) is 16.7. The van der Waals surface area contributed by atoms with Crippen LogP contribution in [-0.4, -0.2) is 44.9 Å². The molecule has 30 heavy (non-hydrogen) atoms. The summed E-state index contributed by atoms with van der Waals surface area (Å²) in [7, 11) is 0. The highest BCUT2D eigenvalue weighted by Crippen LogP contribution is 2.30. The van der Waals surface area contributed by atoms with Crippen LogP contribution < -0.4 is 5.32 Å². The van der Waals surface area contributed by atoms with Crippen LogP contribution in [0, 0.1) is 0 Å². The molecule has 0 bridgehead atoms. The van der Waals surface area contributed by atoms with Crippen LogP contribution in [0.1, 0.15) is 47.9 Å². The average molecular weight is 405 g/mol. The number of nitrogens with zero attached hydrogens (tertiary/aromatic N) is 4. The van der Waals surface area contributed by atoms with E-state index in [9.17, 15) is 9.59 Å². The van der Waals surface area contributed by atoms with Gasteiger partial charge in [-0.3, -0.25) is 14.6 Å². The lowest BCUT2D eigenvalue weighted by Crippen LogP contribution is -2.42. The van der Waals surface area contributed by atoms with E-state index in [1.165, 1.54) is 6.20 Å². The first-order chi connectivity index (χ1) is 14.7. The van der Waals surface area contributed by atoms with Crippen LogP contribution in [0.2, 0.25) is 0 Å². The van der Waals surface area contributed by atoms with Crippen molar-refractivity contribution >= 4 is 11.8 Å². The third-order valence-corrected chi connectivity index (χ3v) is 5.16. The predicted octanol–water partition coefficient (Wildman–Crippen LogP) is 3.01. The number of rotatable bonds is 5. The molecule has 1 atom stereocenters. The molecule has 2 amide bonds. The quantitative estimate of drug-likeness (QED) is 0.700. The summed E-state index contributed by atoms with van der Waals surface area (Å²) in [4.78, 5) is 35.5. The van der Waals surface area contributed by atoms with Crippen LogP contribution in [-0.2, 0) is 4.79 Å². The maximum atomic E-state index is 13.0. The lowest BCUT2D eigenvalue weighted by atomic mass is 10.1. The molecule has 1 aliphatic heterocycles. The van der Waals surface area contributed by atoms with Crippen molar-refractivity contribution < 1.29 is 14.1 Å². The number of pyridine rings is 1. The maximum Gasteiger partial charge on any atom is 0.257 e. The fourth-order valence-corrected chi connectivity index (χ4v) is 3.60. The molecule has 0 aliphatic carbocycles. The summed E-state index contributed by atoms with van der Waals surface area (Å²) >= 11 is 0. The molecule has 4 rings (SSSR count). The molecule has 1 N–H and O–H groups in total. The van der Waals surface area contributed by atoms with Gasteiger partial charge in [-0.2, -0.15) is 4.98 Å². The van der Waals surface area contributed by atoms with E-state index in [1.54, 1.807) is 23.2 Å². The third kappa shape index (κ3) is 4.53. The molecule has 1 saturated heterocycles. The molecule has 1 unspecified atom stereocenters. The molecule has 1 aliphatic rings. The molecule has 1 aromatic carbocycles. The summed E-state index contributed by atoms with van der Waals surface area (Å²) in [5.41, 5.74) is 1.26. The Bertz CT molecular complexity index is 990. The zero-order valence-corrected chi connectivity index (χ0v) is 16.5. The van der Waals surface area contributed by atoms with E-state index in [4.69, 9.17) is 4.52 Å². The molecular weight excluding hydrogens is 382 g/mol. The summed E-state index contributed by atoms with van der Waals surface area (Å²) in [5.74, 6) is 0.453. The fourth-order valence-electron chi connectivity index (χ4n) is 3.60. The molecule has 3 heterocycles. The van der Waals surface area contributed by atoms with Crippen molar-refractivity contribution in [2.24, 2.45) is 0 Å². The molecule has 2 aromatic heterocycles. The van der Waals surface area contributed by atoms with E-state index in [2.05, 4.69) is 20.4 Å². The summed E-state index contributed by atoms with van der Waals surface area (Å²) in [6.45, 7) is 0.509. The van der Waals surface area contributed by atoms with E-state index in [0.717, 1.165) is 31.2 Å². The second-order valence-electron chi connectivity index (χ2n) is 7.20. The van der Waals surface area contributed by atoms with Crippen LogP contribution in [0.25, 0.3) is 11.5 Å². The monoisotopic (exact) mass is 405 g/mol. The van der Waals surface area contributed by atoms with Crippen molar-refractivity contribution in [1.29, 1.82) is 0 Å². The first-order valence-electron chi connectivity index (χ1n) is 10.1. The van der Waals surface area contributed by atoms with E-state index >= 15 is 0 Å². The number of aromatic nitrogens is 3. The Balaban J connectivity index is 1.47. The highest BCUT2D eigenvalue weighted by Gasteiger charge is 2.30. The zero-order chi connectivity index (χ0) is 20.8. The molecular formula is C22H23N5O3. The van der Waals surface area contributed by atoms with Gasteiger partial charge in [-0.25, -0.2) is 0 Å². The van der Waals surface area contributed by atoms with Crippen LogP contribution >= 0.6 is 0 Å². The van der Waals surface area contributed by atoms with Crippen LogP contribution in [0.5, 0.6) is 0 Å². The van der Waals surface area contributed by atoms with E-state index in [-0.39, 0.29) is 24.4 Å². The Morgan fingerprint density at radius 1 is 1.10 bits per heavy atom. The van der Waals surface area contributed by atoms with Gasteiger partial charge in [0, 0.05) is 24.5 Å². The Labute approximate surface area is 174 Å². The first kappa shape index (κ1) is 19.8. The smallest absolute Gasteiger partial charge is 0.257 e. The number of carbonyl (C=O) groups excluding carboxylic acids is 2. The summed E-state index contributed by atoms with van der Waals surface area (Å²) in [6, 6.07) is 12.6. The molecule has 8 nitrogen and oxygen atoms in total. The van der Waals surface area contributed by atoms with Gasteiger partial charge >= 0.3 is 0 Å². The van der Waals surface area contributed by atoms with Gasteiger partial charge in [-0.05, 0) is 37.1 Å². The second kappa shape index (κ2) is 9.30. The summed E-state index contributed by atoms with van der Waals surface area (Å²) in [6.07, 6.45) is 6.74. The largest absolute Gasteiger partial charge is 0.343 e. The fraction of sp³-hybridized carbons (Fsp3) is 0.318. The van der Waals surface area contributed by atoms with Crippen LogP contribution in [0.4, 0.5) is 0 Å². The second-order valence-corrected chi connectivity index (χ2v) is 7.20. The minimum absolute atomic E-state index is 0.0897. The molecule has 1 fully saturated rings. The SMILES string of the molecule is O=C(NCC(=O)N1CCCCCC1c1noc(-c2ccccc2)n1)c1cccnc1. The average Bonchev–Trinajstić information content (AvgIpc) is 3.16. The lowest BCUT2D eigenvalue weighted by molar-refractivity contribution is -0.132. The number of nitrogens with one attached hydrogen (secondary N) is 1. The van der Waals surface area contributed by atoms with Crippen molar-refractivity contribution in [3.05, 3.63) is 66.2 Å². The zero-order valence-electron chi connectivity index (χ0n) is 16.5. The summed E-state index contributed by atoms with van der Waals surface area (Å²) in [5, 5.41) is 6.84. The lowest BCUT2D eigenvalue weighted by Gasteiger charge is -2.28. The van der Waals surface area contributed by atoms with Gasteiger partial charge < -0.3 is 14.7 Å². The molecule has 3 aromatic rings. The predicted molar refractivity (Wildman–Crippen MR) is 109 cm³/mol. The Kier molecular flexibility index (Phi) is 6.12. The van der Waals surface area contributed by atoms with Crippen molar-refractivity contribution in [2.75, 3.05) is 13.1 Å². The van der Waals surface area contributed by atoms with Gasteiger partial charge in [0.1, 0.15) is 0 Å². The number of likely N-dealkylation sites (tertiary alicyclic amines) is 1. The highest BCUT2D eigenvalue weighted by molar-refractivity contribution is 5.96. The third-order valence-electron chi connectivity index (χ3n) is 5.16. The molecule has 0 saturated carbocycles. The van der Waals surface area contributed by atoms with Crippen molar-refractivity contribution in [3.8, 4) is 11.5 Å². The Morgan fingerprint density at radius 3 is 2.77 bits per heavy atom. The van der Waals surface area contributed by atoms with Gasteiger partial charge in [0.2, 0.25) is 5.91 Å². The number of amides is 2. The number of hydrogen-bond acceptors (Lipinski definition) is 6. The minimum Gasteiger partial charge on any atom is -0.343 e. The van der Waals surface area contributed by atoms with Gasteiger partial charge in [0.15, 0.2) is 5.82 Å². The van der Waals surface area contributed by atoms with Gasteiger partial charge in [-0.1, -0.05) is 36.2 Å². The van der Waals surface area contributed by atoms with Gasteiger partial charge in [0.05, 0.1) is 18.2 Å². The van der Waals surface area contributed by atoms with Crippen LogP contribution in [0.15, 0.2) is 59.4 Å². The molecule has 8 heteroatoms. The first-order valence-corrected chi connectivity index (χ1v) is 10.1. The standard InChI is InChI=1S/C22H23N5O3/c28-19(15-24-21(29)17-10-7-12-23-14-17)27-13-6-2-5-11-18(27)20-25-22(30-26-20)16-8-3-1-4-9-16/h1,3-4,7-10,12,14,18H,2,5-6,11,13,15H2,(H,24,29). The molecule has 154 valence electrons. The Morgan fingerprint density at radius 2 is 1.97 bits per heavy atom. The highest BCUT2D eigenvalue weighted by atomic mass is 16.5. The van der Waals surface area contributed by atoms with Crippen molar-refractivity contribution in [2.45, 2.75) is 31.7 Å². The Hall–Kier alpha value is -3.55. The van der Waals surface area contributed by atoms with E-state index in [0.29, 0.717) is 23.8 Å². The van der Waals surface area contributed by atoms with Crippen LogP contribution in [0.3, 0.4) is 0 Å². The van der Waals surface area contributed by atoms with Crippen molar-refractivity contribution in [1.82, 2.24) is 25.3 Å². The van der Waals surface area contributed by atoms with Crippen molar-refractivity contribution in [3.63, 3.8) is 0 Å². The van der Waals surface area contributed by atoms with Gasteiger partial charge in [0.25, 0.3) is 11.8 Å². The maximum absolute atomic E-state index is 13.0. The van der Waals surface area contributed by atoms with E-state index in [1.807, 2.05) is 30.3 Å². The topological polar surface area (TPSA) is 101 Å². The van der Waals surface area contributed by atoms with E-state index < -0.39 is 0 Å². The summed E-state index contributed by atoms with van der Waals surface area (Å²) < 4.78 is 5.45. The molecule has 0 spiro atoms. The number of carbonyl (C=O) groups is 2.